The van der Waals surface area contributed by atoms with Crippen LogP contribution in [0.15, 0.2) is 48.5 Å². The lowest BCUT2D eigenvalue weighted by Gasteiger charge is -2.36. The highest BCUT2D eigenvalue weighted by atomic mass is 16.3. The second-order valence-corrected chi connectivity index (χ2v) is 7.55. The molecule has 0 spiro atoms. The van der Waals surface area contributed by atoms with E-state index in [0.717, 1.165) is 44.8 Å². The zero-order valence-electron chi connectivity index (χ0n) is 17.0. The number of amides is 1. The molecule has 28 heavy (non-hydrogen) atoms. The molecule has 1 heterocycles. The molecule has 0 atom stereocenters. The third-order valence-corrected chi connectivity index (χ3v) is 5.29. The molecule has 1 N–H and O–H groups in total. The summed E-state index contributed by atoms with van der Waals surface area (Å²) in [4.78, 5) is 19.3. The first-order valence-electron chi connectivity index (χ1n) is 10.2. The van der Waals surface area contributed by atoms with E-state index in [4.69, 9.17) is 0 Å². The van der Waals surface area contributed by atoms with Crippen LogP contribution in [-0.4, -0.2) is 60.1 Å². The van der Waals surface area contributed by atoms with Gasteiger partial charge in [-0.15, -0.1) is 0 Å². The van der Waals surface area contributed by atoms with Crippen molar-refractivity contribution in [2.45, 2.75) is 26.8 Å². The lowest BCUT2D eigenvalue weighted by atomic mass is 10.1. The van der Waals surface area contributed by atoms with Crippen molar-refractivity contribution in [3.8, 4) is 5.75 Å². The maximum atomic E-state index is 12.9. The van der Waals surface area contributed by atoms with Crippen molar-refractivity contribution < 1.29 is 9.90 Å². The molecular formula is C23H31N3O2. The molecule has 0 saturated carbocycles. The van der Waals surface area contributed by atoms with Gasteiger partial charge in [0.2, 0.25) is 5.91 Å². The fourth-order valence-electron chi connectivity index (χ4n) is 3.65. The van der Waals surface area contributed by atoms with Crippen molar-refractivity contribution in [1.29, 1.82) is 0 Å². The van der Waals surface area contributed by atoms with Gasteiger partial charge < -0.3 is 14.9 Å². The number of phenolic OH excluding ortho intramolecular Hbond substituents is 1. The van der Waals surface area contributed by atoms with E-state index >= 15 is 0 Å². The summed E-state index contributed by atoms with van der Waals surface area (Å²) in [7, 11) is 0. The van der Waals surface area contributed by atoms with Crippen molar-refractivity contribution in [2.24, 2.45) is 0 Å². The van der Waals surface area contributed by atoms with Crippen LogP contribution in [0.5, 0.6) is 5.75 Å². The first-order valence-corrected chi connectivity index (χ1v) is 10.2. The minimum Gasteiger partial charge on any atom is -0.506 e. The molecule has 0 aromatic heterocycles. The highest BCUT2D eigenvalue weighted by Gasteiger charge is 2.22. The van der Waals surface area contributed by atoms with Crippen molar-refractivity contribution in [1.82, 2.24) is 9.80 Å². The second kappa shape index (κ2) is 9.60. The Bertz CT molecular complexity index is 768. The van der Waals surface area contributed by atoms with E-state index in [1.54, 1.807) is 6.07 Å². The number of aromatic hydroxyl groups is 1. The molecule has 0 aliphatic carbocycles. The number of carbonyl (C=O) groups is 1. The Balaban J connectivity index is 1.54. The van der Waals surface area contributed by atoms with Crippen molar-refractivity contribution >= 4 is 11.6 Å². The zero-order chi connectivity index (χ0) is 19.9. The van der Waals surface area contributed by atoms with E-state index in [0.29, 0.717) is 18.8 Å². The molecule has 0 bridgehead atoms. The summed E-state index contributed by atoms with van der Waals surface area (Å²) in [6.45, 7) is 9.38. The fourth-order valence-corrected chi connectivity index (χ4v) is 3.65. The number of para-hydroxylation sites is 2. The van der Waals surface area contributed by atoms with Crippen molar-refractivity contribution in [3.05, 3.63) is 59.7 Å². The van der Waals surface area contributed by atoms with Gasteiger partial charge in [-0.1, -0.05) is 48.9 Å². The van der Waals surface area contributed by atoms with Gasteiger partial charge in [0, 0.05) is 39.3 Å². The lowest BCUT2D eigenvalue weighted by molar-refractivity contribution is -0.133. The largest absolute Gasteiger partial charge is 0.506 e. The Hall–Kier alpha value is -2.53. The van der Waals surface area contributed by atoms with E-state index in [1.807, 2.05) is 23.1 Å². The minimum absolute atomic E-state index is 0.193. The van der Waals surface area contributed by atoms with Gasteiger partial charge in [0.15, 0.2) is 0 Å². The van der Waals surface area contributed by atoms with E-state index in [9.17, 15) is 9.90 Å². The summed E-state index contributed by atoms with van der Waals surface area (Å²) in [5.41, 5.74) is 3.29. The van der Waals surface area contributed by atoms with Gasteiger partial charge in [0.05, 0.1) is 12.2 Å². The summed E-state index contributed by atoms with van der Waals surface area (Å²) in [5, 5.41) is 10.0. The summed E-state index contributed by atoms with van der Waals surface area (Å²) in [5.74, 6) is 0.512. The first kappa shape index (κ1) is 20.2. The second-order valence-electron chi connectivity index (χ2n) is 7.55. The van der Waals surface area contributed by atoms with Crippen LogP contribution < -0.4 is 4.90 Å². The molecule has 1 aliphatic heterocycles. The minimum atomic E-state index is 0.193. The SMILES string of the molecule is CCCN(Cc1ccc(C)cc1)C(=O)CN1CCN(c2ccccc2O)CC1. The number of rotatable bonds is 7. The van der Waals surface area contributed by atoms with Gasteiger partial charge in [0.25, 0.3) is 0 Å². The molecule has 150 valence electrons. The average Bonchev–Trinajstić information content (AvgIpc) is 2.70. The maximum absolute atomic E-state index is 12.9. The van der Waals surface area contributed by atoms with Crippen LogP contribution in [0, 0.1) is 6.92 Å². The van der Waals surface area contributed by atoms with Gasteiger partial charge in [-0.05, 0) is 31.0 Å². The van der Waals surface area contributed by atoms with Crippen LogP contribution in [0.3, 0.4) is 0 Å². The van der Waals surface area contributed by atoms with Crippen molar-refractivity contribution in [2.75, 3.05) is 44.2 Å². The van der Waals surface area contributed by atoms with Crippen LogP contribution in [0.1, 0.15) is 24.5 Å². The van der Waals surface area contributed by atoms with E-state index in [1.165, 1.54) is 11.1 Å². The Morgan fingerprint density at radius 2 is 1.71 bits per heavy atom. The Labute approximate surface area is 168 Å². The third kappa shape index (κ3) is 5.26. The number of piperazine rings is 1. The van der Waals surface area contributed by atoms with Gasteiger partial charge in [0.1, 0.15) is 5.75 Å². The third-order valence-electron chi connectivity index (χ3n) is 5.29. The zero-order valence-corrected chi connectivity index (χ0v) is 17.0. The molecule has 1 fully saturated rings. The standard InChI is InChI=1S/C23H31N3O2/c1-3-12-26(17-20-10-8-19(2)9-11-20)23(28)18-24-13-15-25(16-14-24)21-6-4-5-7-22(21)27/h4-11,27H,3,12-18H2,1-2H3. The molecule has 0 radical (unpaired) electrons. The number of hydrogen-bond donors (Lipinski definition) is 1. The predicted molar refractivity (Wildman–Crippen MR) is 114 cm³/mol. The molecule has 2 aromatic rings. The smallest absolute Gasteiger partial charge is 0.237 e. The quantitative estimate of drug-likeness (QED) is 0.800. The molecule has 1 saturated heterocycles. The Morgan fingerprint density at radius 1 is 1.04 bits per heavy atom. The monoisotopic (exact) mass is 381 g/mol. The van der Waals surface area contributed by atoms with Crippen LogP contribution in [0.25, 0.3) is 0 Å². The molecule has 5 nitrogen and oxygen atoms in total. The molecule has 3 rings (SSSR count). The number of phenols is 1. The number of nitrogens with zero attached hydrogens (tertiary/aromatic N) is 3. The lowest BCUT2D eigenvalue weighted by Crippen LogP contribution is -2.50. The molecule has 5 heteroatoms. The number of hydrogen-bond acceptors (Lipinski definition) is 4. The predicted octanol–water partition coefficient (Wildman–Crippen LogP) is 3.26. The van der Waals surface area contributed by atoms with Crippen LogP contribution in [0.2, 0.25) is 0 Å². The molecule has 1 amide bonds. The van der Waals surface area contributed by atoms with Crippen molar-refractivity contribution in [3.63, 3.8) is 0 Å². The average molecular weight is 382 g/mol. The number of anilines is 1. The summed E-state index contributed by atoms with van der Waals surface area (Å²) < 4.78 is 0. The maximum Gasteiger partial charge on any atom is 0.237 e. The molecule has 1 aliphatic rings. The van der Waals surface area contributed by atoms with Gasteiger partial charge >= 0.3 is 0 Å². The molecule has 0 unspecified atom stereocenters. The summed E-state index contributed by atoms with van der Waals surface area (Å²) in [6, 6.07) is 15.9. The van der Waals surface area contributed by atoms with E-state index < -0.39 is 0 Å². The van der Waals surface area contributed by atoms with Gasteiger partial charge in [-0.3, -0.25) is 9.69 Å². The summed E-state index contributed by atoms with van der Waals surface area (Å²) in [6.07, 6.45) is 0.957. The molecule has 2 aromatic carbocycles. The number of benzene rings is 2. The van der Waals surface area contributed by atoms with Crippen LogP contribution in [-0.2, 0) is 11.3 Å². The van der Waals surface area contributed by atoms with Gasteiger partial charge in [-0.2, -0.15) is 0 Å². The number of aryl methyl sites for hydroxylation is 1. The summed E-state index contributed by atoms with van der Waals surface area (Å²) >= 11 is 0. The Morgan fingerprint density at radius 3 is 2.36 bits per heavy atom. The molecular weight excluding hydrogens is 350 g/mol. The van der Waals surface area contributed by atoms with Crippen LogP contribution >= 0.6 is 0 Å². The van der Waals surface area contributed by atoms with E-state index in [-0.39, 0.29) is 5.91 Å². The normalized spacial score (nSPS) is 14.9. The number of carbonyl (C=O) groups excluding carboxylic acids is 1. The highest BCUT2D eigenvalue weighted by Crippen LogP contribution is 2.27. The first-order chi connectivity index (χ1) is 13.6. The topological polar surface area (TPSA) is 47.0 Å². The highest BCUT2D eigenvalue weighted by molar-refractivity contribution is 5.78. The van der Waals surface area contributed by atoms with Crippen LogP contribution in [0.4, 0.5) is 5.69 Å². The van der Waals surface area contributed by atoms with Gasteiger partial charge in [-0.25, -0.2) is 0 Å². The Kier molecular flexibility index (Phi) is 6.93. The fraction of sp³-hybridized carbons (Fsp3) is 0.435. The van der Waals surface area contributed by atoms with E-state index in [2.05, 4.69) is 47.9 Å².